The van der Waals surface area contributed by atoms with Crippen molar-refractivity contribution in [1.29, 1.82) is 0 Å². The predicted molar refractivity (Wildman–Crippen MR) is 101 cm³/mol. The summed E-state index contributed by atoms with van der Waals surface area (Å²) in [7, 11) is 1.55. The Morgan fingerprint density at radius 3 is 2.63 bits per heavy atom. The molecule has 1 N–H and O–H groups in total. The van der Waals surface area contributed by atoms with Gasteiger partial charge in [-0.3, -0.25) is 0 Å². The molecule has 0 amide bonds. The van der Waals surface area contributed by atoms with Crippen LogP contribution in [0.1, 0.15) is 11.1 Å². The van der Waals surface area contributed by atoms with E-state index in [1.54, 1.807) is 43.5 Å². The lowest BCUT2D eigenvalue weighted by Crippen LogP contribution is -2.29. The number of hydrogen-bond donors (Lipinski definition) is 1. The number of benzene rings is 2. The van der Waals surface area contributed by atoms with E-state index in [1.165, 1.54) is 0 Å². The summed E-state index contributed by atoms with van der Waals surface area (Å²) >= 11 is 0. The van der Waals surface area contributed by atoms with E-state index in [2.05, 4.69) is 0 Å². The minimum atomic E-state index is -1.97. The first kappa shape index (κ1) is 18.5. The lowest BCUT2D eigenvalue weighted by Gasteiger charge is -2.26. The third-order valence-corrected chi connectivity index (χ3v) is 5.19. The van der Waals surface area contributed by atoms with Gasteiger partial charge < -0.3 is 28.9 Å². The zero-order valence-corrected chi connectivity index (χ0v) is 16.0. The Morgan fingerprint density at radius 1 is 1.10 bits per heavy atom. The Balaban J connectivity index is 1.60. The molecule has 0 aromatic heterocycles. The van der Waals surface area contributed by atoms with E-state index in [9.17, 15) is 9.90 Å². The van der Waals surface area contributed by atoms with Crippen molar-refractivity contribution in [2.75, 3.05) is 20.5 Å². The van der Waals surface area contributed by atoms with Gasteiger partial charge in [0, 0.05) is 17.6 Å². The number of hydrogen-bond acceptors (Lipinski definition) is 8. The third-order valence-electron chi connectivity index (χ3n) is 5.19. The van der Waals surface area contributed by atoms with Gasteiger partial charge in [-0.1, -0.05) is 6.07 Å². The predicted octanol–water partition coefficient (Wildman–Crippen LogP) is 2.51. The topological polar surface area (TPSA) is 92.7 Å². The van der Waals surface area contributed by atoms with E-state index >= 15 is 0 Å². The van der Waals surface area contributed by atoms with Crippen LogP contribution >= 0.6 is 0 Å². The second-order valence-corrected chi connectivity index (χ2v) is 6.92. The molecule has 3 aliphatic rings. The molecule has 0 fully saturated rings. The van der Waals surface area contributed by atoms with E-state index in [0.29, 0.717) is 28.4 Å². The summed E-state index contributed by atoms with van der Waals surface area (Å²) in [5.41, 5.74) is 1.68. The van der Waals surface area contributed by atoms with Gasteiger partial charge in [-0.2, -0.15) is 4.89 Å². The standard InChI is InChI=1S/C22H18O8/c1-25-15-5-3-14(4-6-15)22(24)16(20(21(23)29-22)18-8-9-28-30-18)10-13-2-7-17-19(11-13)27-12-26-17/h2-8,11,24H,9-10,12H2,1H3. The molecule has 0 bridgehead atoms. The minimum Gasteiger partial charge on any atom is -0.497 e. The molecule has 8 heteroatoms. The monoisotopic (exact) mass is 410 g/mol. The van der Waals surface area contributed by atoms with E-state index in [4.69, 9.17) is 28.7 Å². The zero-order chi connectivity index (χ0) is 20.7. The van der Waals surface area contributed by atoms with Crippen LogP contribution in [0.5, 0.6) is 17.2 Å². The Morgan fingerprint density at radius 2 is 1.90 bits per heavy atom. The van der Waals surface area contributed by atoms with E-state index in [-0.39, 0.29) is 31.2 Å². The Labute approximate surface area is 171 Å². The van der Waals surface area contributed by atoms with Gasteiger partial charge in [0.2, 0.25) is 6.79 Å². The number of esters is 1. The molecule has 3 aliphatic heterocycles. The summed E-state index contributed by atoms with van der Waals surface area (Å²) in [6.07, 6.45) is 1.83. The van der Waals surface area contributed by atoms with Crippen molar-refractivity contribution < 1.29 is 38.6 Å². The maximum atomic E-state index is 12.8. The highest BCUT2D eigenvalue weighted by Gasteiger charge is 2.49. The van der Waals surface area contributed by atoms with Gasteiger partial charge in [-0.15, -0.1) is 0 Å². The van der Waals surface area contributed by atoms with Gasteiger partial charge in [0.25, 0.3) is 5.79 Å². The minimum absolute atomic E-state index is 0.142. The number of aliphatic hydroxyl groups is 1. The summed E-state index contributed by atoms with van der Waals surface area (Å²) in [6, 6.07) is 12.1. The quantitative estimate of drug-likeness (QED) is 0.594. The number of carbonyl (C=O) groups excluding carboxylic acids is 1. The van der Waals surface area contributed by atoms with Crippen LogP contribution in [-0.2, 0) is 31.5 Å². The summed E-state index contributed by atoms with van der Waals surface area (Å²) in [5.74, 6) is -0.577. The Hall–Kier alpha value is -3.49. The Kier molecular flexibility index (Phi) is 4.38. The van der Waals surface area contributed by atoms with Crippen molar-refractivity contribution in [3.8, 4) is 17.2 Å². The van der Waals surface area contributed by atoms with Crippen LogP contribution in [0.3, 0.4) is 0 Å². The average molecular weight is 410 g/mol. The van der Waals surface area contributed by atoms with Crippen LogP contribution in [0.4, 0.5) is 0 Å². The first-order valence-electron chi connectivity index (χ1n) is 9.31. The van der Waals surface area contributed by atoms with E-state index < -0.39 is 11.8 Å². The molecule has 3 heterocycles. The third kappa shape index (κ3) is 2.97. The fourth-order valence-electron chi connectivity index (χ4n) is 3.69. The van der Waals surface area contributed by atoms with Crippen LogP contribution < -0.4 is 14.2 Å². The van der Waals surface area contributed by atoms with Gasteiger partial charge in [0.15, 0.2) is 17.3 Å². The van der Waals surface area contributed by atoms with E-state index in [1.807, 2.05) is 12.1 Å². The maximum Gasteiger partial charge on any atom is 0.345 e. The lowest BCUT2D eigenvalue weighted by molar-refractivity contribution is -0.231. The van der Waals surface area contributed by atoms with Crippen molar-refractivity contribution in [2.45, 2.75) is 12.2 Å². The van der Waals surface area contributed by atoms with Gasteiger partial charge in [-0.25, -0.2) is 4.79 Å². The molecular formula is C22H18O8. The van der Waals surface area contributed by atoms with Gasteiger partial charge in [0.05, 0.1) is 7.11 Å². The zero-order valence-electron chi connectivity index (χ0n) is 16.0. The fourth-order valence-corrected chi connectivity index (χ4v) is 3.69. The van der Waals surface area contributed by atoms with Crippen molar-refractivity contribution in [3.05, 3.63) is 76.6 Å². The molecule has 2 aromatic rings. The maximum absolute atomic E-state index is 12.8. The summed E-state index contributed by atoms with van der Waals surface area (Å²) < 4.78 is 21.5. The van der Waals surface area contributed by atoms with Crippen LogP contribution in [-0.4, -0.2) is 31.6 Å². The summed E-state index contributed by atoms with van der Waals surface area (Å²) in [5, 5.41) is 11.5. The molecule has 5 rings (SSSR count). The van der Waals surface area contributed by atoms with Crippen molar-refractivity contribution in [1.82, 2.24) is 0 Å². The van der Waals surface area contributed by atoms with Crippen LogP contribution in [0.2, 0.25) is 0 Å². The molecule has 0 spiro atoms. The fraction of sp³-hybridized carbons (Fsp3) is 0.227. The van der Waals surface area contributed by atoms with Gasteiger partial charge >= 0.3 is 5.97 Å². The van der Waals surface area contributed by atoms with Gasteiger partial charge in [-0.05, 0) is 48.0 Å². The molecule has 1 unspecified atom stereocenters. The number of rotatable bonds is 5. The molecule has 8 nitrogen and oxygen atoms in total. The highest BCUT2D eigenvalue weighted by Crippen LogP contribution is 2.45. The first-order valence-corrected chi connectivity index (χ1v) is 9.31. The highest BCUT2D eigenvalue weighted by atomic mass is 17.2. The SMILES string of the molecule is COc1ccc(C2(O)OC(=O)C(C3=CCOO3)=C2Cc2ccc3c(c2)OCO3)cc1. The Bertz CT molecular complexity index is 1070. The molecule has 1 atom stereocenters. The van der Waals surface area contributed by atoms with Crippen LogP contribution in [0, 0.1) is 0 Å². The smallest absolute Gasteiger partial charge is 0.345 e. The molecule has 2 aromatic carbocycles. The van der Waals surface area contributed by atoms with Crippen molar-refractivity contribution in [3.63, 3.8) is 0 Å². The second kappa shape index (κ2) is 7.08. The molecule has 154 valence electrons. The normalized spacial score (nSPS) is 22.1. The lowest BCUT2D eigenvalue weighted by atomic mass is 9.89. The van der Waals surface area contributed by atoms with E-state index in [0.717, 1.165) is 5.56 Å². The van der Waals surface area contributed by atoms with Gasteiger partial charge in [0.1, 0.15) is 17.9 Å². The van der Waals surface area contributed by atoms with Crippen molar-refractivity contribution in [2.24, 2.45) is 0 Å². The highest BCUT2D eigenvalue weighted by molar-refractivity contribution is 5.97. The number of ether oxygens (including phenoxy) is 4. The number of fused-ring (bicyclic) bond motifs is 1. The molecule has 0 radical (unpaired) electrons. The summed E-state index contributed by atoms with van der Waals surface area (Å²) in [4.78, 5) is 22.8. The molecule has 30 heavy (non-hydrogen) atoms. The molecule has 0 saturated carbocycles. The number of carbonyl (C=O) groups is 1. The molecule has 0 aliphatic carbocycles. The molecule has 0 saturated heterocycles. The van der Waals surface area contributed by atoms with Crippen LogP contribution in [0.25, 0.3) is 0 Å². The largest absolute Gasteiger partial charge is 0.497 e. The summed E-state index contributed by atoms with van der Waals surface area (Å²) in [6.45, 7) is 0.354. The van der Waals surface area contributed by atoms with Crippen molar-refractivity contribution >= 4 is 5.97 Å². The number of cyclic esters (lactones) is 1. The number of methoxy groups -OCH3 is 1. The first-order chi connectivity index (χ1) is 14.6. The average Bonchev–Trinajstić information content (AvgIpc) is 3.49. The van der Waals surface area contributed by atoms with Crippen LogP contribution in [0.15, 0.2) is 65.4 Å². The molecular weight excluding hydrogens is 392 g/mol. The second-order valence-electron chi connectivity index (χ2n) is 6.92.